The van der Waals surface area contributed by atoms with E-state index in [0.717, 1.165) is 31.1 Å². The highest BCUT2D eigenvalue weighted by Gasteiger charge is 2.26. The molecule has 2 atom stereocenters. The maximum Gasteiger partial charge on any atom is 0.137 e. The SMILES string of the molecule is CC1COc2ccccc2C1NCCc1ncn[nH]1. The van der Waals surface area contributed by atoms with Crippen LogP contribution in [0, 0.1) is 5.92 Å². The van der Waals surface area contributed by atoms with Gasteiger partial charge in [0.1, 0.15) is 17.9 Å². The Morgan fingerprint density at radius 2 is 2.32 bits per heavy atom. The largest absolute Gasteiger partial charge is 0.493 e. The molecule has 0 radical (unpaired) electrons. The van der Waals surface area contributed by atoms with Crippen molar-refractivity contribution in [3.8, 4) is 5.75 Å². The van der Waals surface area contributed by atoms with Gasteiger partial charge in [0.2, 0.25) is 0 Å². The number of fused-ring (bicyclic) bond motifs is 1. The van der Waals surface area contributed by atoms with Crippen LogP contribution >= 0.6 is 0 Å². The molecule has 0 saturated heterocycles. The van der Waals surface area contributed by atoms with E-state index in [1.165, 1.54) is 5.56 Å². The number of nitrogens with zero attached hydrogens (tertiary/aromatic N) is 2. The van der Waals surface area contributed by atoms with E-state index in [0.29, 0.717) is 12.0 Å². The molecule has 5 heteroatoms. The van der Waals surface area contributed by atoms with Gasteiger partial charge in [0, 0.05) is 30.5 Å². The second-order valence-electron chi connectivity index (χ2n) is 4.94. The summed E-state index contributed by atoms with van der Waals surface area (Å²) in [7, 11) is 0. The van der Waals surface area contributed by atoms with E-state index in [-0.39, 0.29) is 0 Å². The number of H-pyrrole nitrogens is 1. The Morgan fingerprint density at radius 1 is 1.42 bits per heavy atom. The molecule has 0 fully saturated rings. The molecule has 0 saturated carbocycles. The molecule has 1 aliphatic heterocycles. The number of nitrogens with one attached hydrogen (secondary N) is 2. The quantitative estimate of drug-likeness (QED) is 0.876. The van der Waals surface area contributed by atoms with Gasteiger partial charge in [-0.15, -0.1) is 0 Å². The number of hydrogen-bond donors (Lipinski definition) is 2. The highest BCUT2D eigenvalue weighted by atomic mass is 16.5. The number of aromatic nitrogens is 3. The Labute approximate surface area is 112 Å². The van der Waals surface area contributed by atoms with Gasteiger partial charge < -0.3 is 10.1 Å². The minimum atomic E-state index is 0.341. The summed E-state index contributed by atoms with van der Waals surface area (Å²) in [5.74, 6) is 2.38. The molecule has 100 valence electrons. The molecular weight excluding hydrogens is 240 g/mol. The Hall–Kier alpha value is -1.88. The van der Waals surface area contributed by atoms with Crippen molar-refractivity contribution >= 4 is 0 Å². The number of rotatable bonds is 4. The summed E-state index contributed by atoms with van der Waals surface area (Å²) in [6.45, 7) is 3.84. The Morgan fingerprint density at radius 3 is 3.16 bits per heavy atom. The average Bonchev–Trinajstić information content (AvgIpc) is 2.94. The van der Waals surface area contributed by atoms with Gasteiger partial charge in [0.05, 0.1) is 6.61 Å². The van der Waals surface area contributed by atoms with Gasteiger partial charge in [-0.3, -0.25) is 5.10 Å². The molecule has 0 bridgehead atoms. The number of ether oxygens (including phenoxy) is 1. The number of para-hydroxylation sites is 1. The van der Waals surface area contributed by atoms with E-state index >= 15 is 0 Å². The molecular formula is C14H18N4O. The Balaban J connectivity index is 1.66. The lowest BCUT2D eigenvalue weighted by atomic mass is 9.92. The molecule has 2 N–H and O–H groups in total. The molecule has 2 heterocycles. The van der Waals surface area contributed by atoms with Gasteiger partial charge in [0.25, 0.3) is 0 Å². The first-order valence-electron chi connectivity index (χ1n) is 6.64. The first-order valence-corrected chi connectivity index (χ1v) is 6.64. The maximum atomic E-state index is 5.75. The lowest BCUT2D eigenvalue weighted by Crippen LogP contribution is -2.35. The van der Waals surface area contributed by atoms with E-state index in [2.05, 4.69) is 39.6 Å². The Kier molecular flexibility index (Phi) is 3.46. The van der Waals surface area contributed by atoms with Crippen LogP contribution in [0.25, 0.3) is 0 Å². The van der Waals surface area contributed by atoms with Crippen molar-refractivity contribution in [1.29, 1.82) is 0 Å². The van der Waals surface area contributed by atoms with Crippen LogP contribution in [0.2, 0.25) is 0 Å². The summed E-state index contributed by atoms with van der Waals surface area (Å²) in [5, 5.41) is 10.3. The molecule has 5 nitrogen and oxygen atoms in total. The Bertz CT molecular complexity index is 526. The normalized spacial score (nSPS) is 21.7. The second kappa shape index (κ2) is 5.40. The van der Waals surface area contributed by atoms with Gasteiger partial charge in [-0.2, -0.15) is 5.10 Å². The standard InChI is InChI=1S/C14H18N4O/c1-10-8-19-12-5-3-2-4-11(12)14(10)15-7-6-13-16-9-17-18-13/h2-5,9-10,14-15H,6-8H2,1H3,(H,16,17,18). The zero-order valence-electron chi connectivity index (χ0n) is 11.0. The fourth-order valence-electron chi connectivity index (χ4n) is 2.50. The van der Waals surface area contributed by atoms with Crippen LogP contribution in [-0.2, 0) is 6.42 Å². The predicted octanol–water partition coefficient (Wildman–Crippen LogP) is 1.71. The molecule has 0 aliphatic carbocycles. The molecule has 2 aromatic rings. The van der Waals surface area contributed by atoms with Gasteiger partial charge in [-0.1, -0.05) is 25.1 Å². The molecule has 19 heavy (non-hydrogen) atoms. The van der Waals surface area contributed by atoms with E-state index in [9.17, 15) is 0 Å². The van der Waals surface area contributed by atoms with Crippen molar-refractivity contribution in [1.82, 2.24) is 20.5 Å². The summed E-state index contributed by atoms with van der Waals surface area (Å²) in [6, 6.07) is 8.59. The van der Waals surface area contributed by atoms with Crippen molar-refractivity contribution in [2.45, 2.75) is 19.4 Å². The van der Waals surface area contributed by atoms with Crippen molar-refractivity contribution in [2.24, 2.45) is 5.92 Å². The lowest BCUT2D eigenvalue weighted by molar-refractivity contribution is 0.189. The van der Waals surface area contributed by atoms with Crippen LogP contribution in [0.4, 0.5) is 0 Å². The summed E-state index contributed by atoms with van der Waals surface area (Å²) in [6.07, 6.45) is 2.40. The minimum Gasteiger partial charge on any atom is -0.493 e. The summed E-state index contributed by atoms with van der Waals surface area (Å²) >= 11 is 0. The van der Waals surface area contributed by atoms with Crippen molar-refractivity contribution in [2.75, 3.05) is 13.2 Å². The molecule has 1 aliphatic rings. The zero-order valence-corrected chi connectivity index (χ0v) is 11.0. The first kappa shape index (κ1) is 12.2. The molecule has 1 aromatic heterocycles. The predicted molar refractivity (Wildman–Crippen MR) is 71.9 cm³/mol. The van der Waals surface area contributed by atoms with Crippen LogP contribution in [0.15, 0.2) is 30.6 Å². The van der Waals surface area contributed by atoms with E-state index in [1.807, 2.05) is 12.1 Å². The highest BCUT2D eigenvalue weighted by Crippen LogP contribution is 2.34. The number of benzene rings is 1. The second-order valence-corrected chi connectivity index (χ2v) is 4.94. The van der Waals surface area contributed by atoms with Gasteiger partial charge >= 0.3 is 0 Å². The van der Waals surface area contributed by atoms with E-state index < -0.39 is 0 Å². The van der Waals surface area contributed by atoms with Crippen LogP contribution in [0.5, 0.6) is 5.75 Å². The summed E-state index contributed by atoms with van der Waals surface area (Å²) in [4.78, 5) is 4.13. The van der Waals surface area contributed by atoms with Crippen molar-refractivity contribution < 1.29 is 4.74 Å². The maximum absolute atomic E-state index is 5.75. The van der Waals surface area contributed by atoms with E-state index in [1.54, 1.807) is 6.33 Å². The van der Waals surface area contributed by atoms with Gasteiger partial charge in [-0.05, 0) is 6.07 Å². The summed E-state index contributed by atoms with van der Waals surface area (Å²) in [5.41, 5.74) is 1.25. The first-order chi connectivity index (χ1) is 9.34. The highest BCUT2D eigenvalue weighted by molar-refractivity contribution is 5.37. The van der Waals surface area contributed by atoms with Crippen molar-refractivity contribution in [3.05, 3.63) is 42.0 Å². The zero-order chi connectivity index (χ0) is 13.1. The summed E-state index contributed by atoms with van der Waals surface area (Å²) < 4.78 is 5.75. The fourth-order valence-corrected chi connectivity index (χ4v) is 2.50. The average molecular weight is 258 g/mol. The van der Waals surface area contributed by atoms with Crippen molar-refractivity contribution in [3.63, 3.8) is 0 Å². The molecule has 0 spiro atoms. The van der Waals surface area contributed by atoms with Gasteiger partial charge in [0.15, 0.2) is 0 Å². The lowest BCUT2D eigenvalue weighted by Gasteiger charge is -2.32. The van der Waals surface area contributed by atoms with E-state index in [4.69, 9.17) is 4.74 Å². The molecule has 1 aromatic carbocycles. The molecule has 0 amide bonds. The topological polar surface area (TPSA) is 62.8 Å². The number of aromatic amines is 1. The third-order valence-electron chi connectivity index (χ3n) is 3.52. The third kappa shape index (κ3) is 2.61. The monoisotopic (exact) mass is 258 g/mol. The fraction of sp³-hybridized carbons (Fsp3) is 0.429. The molecule has 3 rings (SSSR count). The minimum absolute atomic E-state index is 0.341. The van der Waals surface area contributed by atoms with Crippen LogP contribution in [0.1, 0.15) is 24.4 Å². The number of hydrogen-bond acceptors (Lipinski definition) is 4. The smallest absolute Gasteiger partial charge is 0.137 e. The van der Waals surface area contributed by atoms with Gasteiger partial charge in [-0.25, -0.2) is 4.98 Å². The van der Waals surface area contributed by atoms with Crippen LogP contribution < -0.4 is 10.1 Å². The van der Waals surface area contributed by atoms with Crippen LogP contribution in [-0.4, -0.2) is 28.3 Å². The molecule has 2 unspecified atom stereocenters. The van der Waals surface area contributed by atoms with Crippen LogP contribution in [0.3, 0.4) is 0 Å². The third-order valence-corrected chi connectivity index (χ3v) is 3.52.